The molecule has 0 aliphatic carbocycles. The number of primary amides is 1. The highest BCUT2D eigenvalue weighted by Gasteiger charge is 2.18. The van der Waals surface area contributed by atoms with E-state index in [0.717, 1.165) is 16.5 Å². The van der Waals surface area contributed by atoms with Crippen LogP contribution in [-0.4, -0.2) is 22.2 Å². The molecule has 0 aliphatic heterocycles. The van der Waals surface area contributed by atoms with Crippen molar-refractivity contribution in [1.29, 1.82) is 0 Å². The topological polar surface area (TPSA) is 74.3 Å². The first kappa shape index (κ1) is 15.6. The fraction of sp³-hybridized carbons (Fsp3) is 0.294. The molecule has 2 aromatic rings. The van der Waals surface area contributed by atoms with Crippen LogP contribution in [0.15, 0.2) is 30.5 Å². The molecule has 2 rings (SSSR count). The number of nitrogens with two attached hydrogens (primary N) is 1. The number of carbonyl (C=O) groups is 2. The molecule has 1 heterocycles. The minimum atomic E-state index is -0.548. The SMILES string of the molecule is CC(C)(C)OC(=O)n1ccc2cc(C#CCC(N)=O)ccc21. The Kier molecular flexibility index (Phi) is 4.22. The van der Waals surface area contributed by atoms with Gasteiger partial charge in [-0.25, -0.2) is 4.79 Å². The second-order valence-corrected chi connectivity index (χ2v) is 5.88. The monoisotopic (exact) mass is 298 g/mol. The molecule has 0 saturated heterocycles. The Bertz CT molecular complexity index is 786. The van der Waals surface area contributed by atoms with Gasteiger partial charge in [0.2, 0.25) is 5.91 Å². The summed E-state index contributed by atoms with van der Waals surface area (Å²) in [6.07, 6.45) is 1.27. The number of aromatic nitrogens is 1. The average molecular weight is 298 g/mol. The summed E-state index contributed by atoms with van der Waals surface area (Å²) >= 11 is 0. The van der Waals surface area contributed by atoms with E-state index < -0.39 is 17.6 Å². The second-order valence-electron chi connectivity index (χ2n) is 5.88. The Morgan fingerprint density at radius 1 is 1.27 bits per heavy atom. The Morgan fingerprint density at radius 3 is 2.64 bits per heavy atom. The van der Waals surface area contributed by atoms with Crippen LogP contribution in [0.1, 0.15) is 32.8 Å². The van der Waals surface area contributed by atoms with Gasteiger partial charge in [0.1, 0.15) is 5.60 Å². The third kappa shape index (κ3) is 3.89. The molecular weight excluding hydrogens is 280 g/mol. The van der Waals surface area contributed by atoms with Gasteiger partial charge >= 0.3 is 6.09 Å². The Morgan fingerprint density at radius 2 is 2.00 bits per heavy atom. The number of benzene rings is 1. The number of amides is 1. The van der Waals surface area contributed by atoms with Crippen LogP contribution in [0.5, 0.6) is 0 Å². The minimum absolute atomic E-state index is 0.0248. The summed E-state index contributed by atoms with van der Waals surface area (Å²) in [4.78, 5) is 22.8. The smallest absolute Gasteiger partial charge is 0.418 e. The molecule has 0 radical (unpaired) electrons. The maximum absolute atomic E-state index is 12.1. The third-order valence-electron chi connectivity index (χ3n) is 2.78. The van der Waals surface area contributed by atoms with E-state index in [9.17, 15) is 9.59 Å². The van der Waals surface area contributed by atoms with Gasteiger partial charge in [0.05, 0.1) is 11.9 Å². The van der Waals surface area contributed by atoms with E-state index in [1.807, 2.05) is 32.9 Å². The molecule has 114 valence electrons. The van der Waals surface area contributed by atoms with Gasteiger partial charge in [0, 0.05) is 17.1 Å². The van der Waals surface area contributed by atoms with Crippen LogP contribution in [0.4, 0.5) is 4.79 Å². The molecular formula is C17H18N2O3. The van der Waals surface area contributed by atoms with E-state index in [4.69, 9.17) is 10.5 Å². The Balaban J connectivity index is 2.28. The summed E-state index contributed by atoms with van der Waals surface area (Å²) in [5.74, 6) is 5.12. The van der Waals surface area contributed by atoms with Gasteiger partial charge in [-0.15, -0.1) is 0 Å². The predicted octanol–water partition coefficient (Wildman–Crippen LogP) is 2.65. The molecule has 0 bridgehead atoms. The normalized spacial score (nSPS) is 10.9. The van der Waals surface area contributed by atoms with Crippen molar-refractivity contribution in [3.05, 3.63) is 36.0 Å². The summed E-state index contributed by atoms with van der Waals surface area (Å²) in [6.45, 7) is 5.47. The van der Waals surface area contributed by atoms with Gasteiger partial charge < -0.3 is 10.5 Å². The molecule has 1 aromatic heterocycles. The second kappa shape index (κ2) is 5.94. The molecule has 1 aromatic carbocycles. The summed E-state index contributed by atoms with van der Waals surface area (Å²) in [6, 6.07) is 7.26. The highest BCUT2D eigenvalue weighted by molar-refractivity contribution is 5.90. The first-order valence-electron chi connectivity index (χ1n) is 6.88. The van der Waals surface area contributed by atoms with E-state index in [1.54, 1.807) is 18.3 Å². The zero-order chi connectivity index (χ0) is 16.3. The summed E-state index contributed by atoms with van der Waals surface area (Å²) < 4.78 is 6.82. The Labute approximate surface area is 129 Å². The molecule has 2 N–H and O–H groups in total. The minimum Gasteiger partial charge on any atom is -0.443 e. The lowest BCUT2D eigenvalue weighted by Crippen LogP contribution is -2.26. The molecule has 5 nitrogen and oxygen atoms in total. The van der Waals surface area contributed by atoms with E-state index in [0.29, 0.717) is 0 Å². The van der Waals surface area contributed by atoms with Gasteiger partial charge in [-0.1, -0.05) is 11.8 Å². The first-order valence-corrected chi connectivity index (χ1v) is 6.88. The highest BCUT2D eigenvalue weighted by Crippen LogP contribution is 2.19. The first-order chi connectivity index (χ1) is 10.3. The van der Waals surface area contributed by atoms with E-state index >= 15 is 0 Å². The van der Waals surface area contributed by atoms with Crippen molar-refractivity contribution in [2.24, 2.45) is 5.73 Å². The number of carbonyl (C=O) groups excluding carboxylic acids is 2. The maximum atomic E-state index is 12.1. The van der Waals surface area contributed by atoms with Crippen molar-refractivity contribution in [3.63, 3.8) is 0 Å². The van der Waals surface area contributed by atoms with Gasteiger partial charge in [0.15, 0.2) is 0 Å². The van der Waals surface area contributed by atoms with Crippen LogP contribution < -0.4 is 5.73 Å². The lowest BCUT2D eigenvalue weighted by Gasteiger charge is -2.19. The molecule has 0 fully saturated rings. The third-order valence-corrected chi connectivity index (χ3v) is 2.78. The lowest BCUT2D eigenvalue weighted by atomic mass is 10.1. The standard InChI is InChI=1S/C17H18N2O3/c1-17(2,3)22-16(21)19-10-9-13-11-12(7-8-14(13)19)5-4-6-15(18)20/h7-11H,6H2,1-3H3,(H2,18,20). The predicted molar refractivity (Wildman–Crippen MR) is 84.3 cm³/mol. The molecule has 5 heteroatoms. The van der Waals surface area contributed by atoms with E-state index in [-0.39, 0.29) is 6.42 Å². The number of rotatable bonds is 1. The van der Waals surface area contributed by atoms with Crippen LogP contribution in [0.3, 0.4) is 0 Å². The zero-order valence-corrected chi connectivity index (χ0v) is 12.8. The van der Waals surface area contributed by atoms with Crippen LogP contribution in [0.2, 0.25) is 0 Å². The van der Waals surface area contributed by atoms with Crippen molar-refractivity contribution < 1.29 is 14.3 Å². The molecule has 1 amide bonds. The highest BCUT2D eigenvalue weighted by atomic mass is 16.6. The summed E-state index contributed by atoms with van der Waals surface area (Å²) in [5.41, 5.74) is 6.00. The number of hydrogen-bond donors (Lipinski definition) is 1. The number of ether oxygens (including phenoxy) is 1. The number of hydrogen-bond acceptors (Lipinski definition) is 3. The molecule has 0 unspecified atom stereocenters. The van der Waals surface area contributed by atoms with Crippen LogP contribution in [-0.2, 0) is 9.53 Å². The van der Waals surface area contributed by atoms with Crippen LogP contribution >= 0.6 is 0 Å². The average Bonchev–Trinajstić information content (AvgIpc) is 2.79. The lowest BCUT2D eigenvalue weighted by molar-refractivity contribution is -0.117. The zero-order valence-electron chi connectivity index (χ0n) is 12.8. The largest absolute Gasteiger partial charge is 0.443 e. The fourth-order valence-corrected chi connectivity index (χ4v) is 1.92. The van der Waals surface area contributed by atoms with Gasteiger partial charge in [-0.2, -0.15) is 0 Å². The van der Waals surface area contributed by atoms with Crippen molar-refractivity contribution in [1.82, 2.24) is 4.57 Å². The van der Waals surface area contributed by atoms with Crippen LogP contribution in [0.25, 0.3) is 10.9 Å². The summed E-state index contributed by atoms with van der Waals surface area (Å²) in [5, 5.41) is 0.872. The summed E-state index contributed by atoms with van der Waals surface area (Å²) in [7, 11) is 0. The molecule has 0 saturated carbocycles. The molecule has 0 spiro atoms. The fourth-order valence-electron chi connectivity index (χ4n) is 1.92. The number of fused-ring (bicyclic) bond motifs is 1. The van der Waals surface area contributed by atoms with Crippen molar-refractivity contribution >= 4 is 22.9 Å². The molecule has 0 atom stereocenters. The van der Waals surface area contributed by atoms with E-state index in [1.165, 1.54) is 4.57 Å². The quantitative estimate of drug-likeness (QED) is 0.822. The van der Waals surface area contributed by atoms with Gasteiger partial charge in [-0.05, 0) is 45.0 Å². The van der Waals surface area contributed by atoms with Gasteiger partial charge in [0.25, 0.3) is 0 Å². The maximum Gasteiger partial charge on any atom is 0.418 e. The molecule has 22 heavy (non-hydrogen) atoms. The Hall–Kier alpha value is -2.74. The van der Waals surface area contributed by atoms with Crippen molar-refractivity contribution in [2.45, 2.75) is 32.8 Å². The van der Waals surface area contributed by atoms with Crippen molar-refractivity contribution in [3.8, 4) is 11.8 Å². The number of nitrogens with zero attached hydrogens (tertiary/aromatic N) is 1. The van der Waals surface area contributed by atoms with Crippen molar-refractivity contribution in [2.75, 3.05) is 0 Å². The van der Waals surface area contributed by atoms with Gasteiger partial charge in [-0.3, -0.25) is 9.36 Å². The van der Waals surface area contributed by atoms with Crippen LogP contribution in [0, 0.1) is 11.8 Å². The van der Waals surface area contributed by atoms with E-state index in [2.05, 4.69) is 11.8 Å². The molecule has 0 aliphatic rings.